The van der Waals surface area contributed by atoms with Gasteiger partial charge in [0.1, 0.15) is 0 Å². The van der Waals surface area contributed by atoms with Crippen molar-refractivity contribution in [2.24, 2.45) is 0 Å². The molecule has 5 nitrogen and oxygen atoms in total. The van der Waals surface area contributed by atoms with Crippen LogP contribution in [-0.4, -0.2) is 27.3 Å². The molecule has 0 amide bonds. The van der Waals surface area contributed by atoms with Gasteiger partial charge < -0.3 is 15.3 Å². The Bertz CT molecular complexity index is 180. The minimum absolute atomic E-state index is 0.576. The molecule has 0 spiro atoms. The van der Waals surface area contributed by atoms with Crippen LogP contribution in [0.15, 0.2) is 11.3 Å². The van der Waals surface area contributed by atoms with Crippen molar-refractivity contribution >= 4 is 11.9 Å². The molecule has 0 heterocycles. The lowest BCUT2D eigenvalue weighted by atomic mass is 10.2. The van der Waals surface area contributed by atoms with Crippen LogP contribution in [0.25, 0.3) is 0 Å². The zero-order valence-corrected chi connectivity index (χ0v) is 5.16. The van der Waals surface area contributed by atoms with Gasteiger partial charge in [-0.1, -0.05) is 0 Å². The van der Waals surface area contributed by atoms with E-state index in [2.05, 4.69) is 0 Å². The topological polar surface area (TPSA) is 94.8 Å². The standard InChI is InChI=1S/C5H6O5/c1-2(4(7)8)3(6)5(9)10/h6H,1H3,(H,7,8)(H,9,10)/b3-2-. The van der Waals surface area contributed by atoms with Gasteiger partial charge in [-0.25, -0.2) is 9.59 Å². The summed E-state index contributed by atoms with van der Waals surface area (Å²) in [5.41, 5.74) is -0.576. The number of carbonyl (C=O) groups is 2. The van der Waals surface area contributed by atoms with Crippen molar-refractivity contribution in [2.45, 2.75) is 6.92 Å². The van der Waals surface area contributed by atoms with Gasteiger partial charge in [0, 0.05) is 0 Å². The first-order valence-corrected chi connectivity index (χ1v) is 2.33. The molecule has 0 saturated carbocycles. The first-order chi connectivity index (χ1) is 4.46. The van der Waals surface area contributed by atoms with E-state index in [0.29, 0.717) is 0 Å². The van der Waals surface area contributed by atoms with Gasteiger partial charge in [0.05, 0.1) is 5.57 Å². The Kier molecular flexibility index (Phi) is 2.43. The van der Waals surface area contributed by atoms with Crippen LogP contribution < -0.4 is 0 Å². The SMILES string of the molecule is C/C(C(=O)O)=C(/O)C(=O)O. The molecule has 0 rings (SSSR count). The molecule has 56 valence electrons. The number of aliphatic hydroxyl groups is 1. The van der Waals surface area contributed by atoms with E-state index >= 15 is 0 Å². The molecule has 0 aliphatic heterocycles. The summed E-state index contributed by atoms with van der Waals surface area (Å²) in [5, 5.41) is 24.6. The lowest BCUT2D eigenvalue weighted by Gasteiger charge is -1.93. The number of aliphatic carboxylic acids is 2. The minimum atomic E-state index is -1.64. The molecule has 0 aromatic carbocycles. The number of carboxylic acid groups (broad SMARTS) is 2. The van der Waals surface area contributed by atoms with Gasteiger partial charge in [-0.2, -0.15) is 0 Å². The molecule has 10 heavy (non-hydrogen) atoms. The van der Waals surface area contributed by atoms with Crippen LogP contribution in [0.4, 0.5) is 0 Å². The smallest absolute Gasteiger partial charge is 0.371 e. The van der Waals surface area contributed by atoms with E-state index < -0.39 is 23.3 Å². The summed E-state index contributed by atoms with van der Waals surface area (Å²) in [4.78, 5) is 19.8. The number of carboxylic acids is 2. The van der Waals surface area contributed by atoms with Gasteiger partial charge in [-0.15, -0.1) is 0 Å². The second kappa shape index (κ2) is 2.86. The van der Waals surface area contributed by atoms with Crippen molar-refractivity contribution in [2.75, 3.05) is 0 Å². The molecule has 5 heteroatoms. The van der Waals surface area contributed by atoms with Crippen LogP contribution in [-0.2, 0) is 9.59 Å². The molecule has 0 radical (unpaired) electrons. The highest BCUT2D eigenvalue weighted by Crippen LogP contribution is 1.99. The largest absolute Gasteiger partial charge is 0.501 e. The Balaban J connectivity index is 4.67. The Labute approximate surface area is 56.2 Å². The first kappa shape index (κ1) is 8.48. The summed E-state index contributed by atoms with van der Waals surface area (Å²) in [6.07, 6.45) is 0. The summed E-state index contributed by atoms with van der Waals surface area (Å²) in [6.45, 7) is 1.01. The Morgan fingerprint density at radius 1 is 1.00 bits per heavy atom. The van der Waals surface area contributed by atoms with Crippen molar-refractivity contribution in [1.82, 2.24) is 0 Å². The predicted molar refractivity (Wildman–Crippen MR) is 30.6 cm³/mol. The number of hydrogen-bond acceptors (Lipinski definition) is 3. The van der Waals surface area contributed by atoms with Gasteiger partial charge in [-0.05, 0) is 6.92 Å². The Morgan fingerprint density at radius 2 is 1.40 bits per heavy atom. The highest BCUT2D eigenvalue weighted by atomic mass is 16.4. The monoisotopic (exact) mass is 146 g/mol. The van der Waals surface area contributed by atoms with Gasteiger partial charge in [0.15, 0.2) is 0 Å². The molecule has 0 fully saturated rings. The summed E-state index contributed by atoms with van der Waals surface area (Å²) in [5.74, 6) is -4.22. The summed E-state index contributed by atoms with van der Waals surface area (Å²) >= 11 is 0. The molecule has 0 aromatic heterocycles. The lowest BCUT2D eigenvalue weighted by molar-refractivity contribution is -0.138. The number of hydrogen-bond donors (Lipinski definition) is 3. The van der Waals surface area contributed by atoms with Crippen LogP contribution in [0.1, 0.15) is 6.92 Å². The Hall–Kier alpha value is -1.52. The first-order valence-electron chi connectivity index (χ1n) is 2.33. The Morgan fingerprint density at radius 3 is 1.50 bits per heavy atom. The number of rotatable bonds is 2. The van der Waals surface area contributed by atoms with Crippen molar-refractivity contribution in [3.8, 4) is 0 Å². The van der Waals surface area contributed by atoms with Crippen molar-refractivity contribution in [3.05, 3.63) is 11.3 Å². The van der Waals surface area contributed by atoms with Crippen LogP contribution in [0.5, 0.6) is 0 Å². The van der Waals surface area contributed by atoms with Crippen LogP contribution >= 0.6 is 0 Å². The zero-order valence-electron chi connectivity index (χ0n) is 5.16. The number of aliphatic hydroxyl groups excluding tert-OH is 1. The normalized spacial score (nSPS) is 12.1. The minimum Gasteiger partial charge on any atom is -0.501 e. The van der Waals surface area contributed by atoms with E-state index in [1.807, 2.05) is 0 Å². The molecule has 0 saturated heterocycles. The van der Waals surface area contributed by atoms with Gasteiger partial charge >= 0.3 is 11.9 Å². The van der Waals surface area contributed by atoms with E-state index in [1.165, 1.54) is 0 Å². The van der Waals surface area contributed by atoms with E-state index in [-0.39, 0.29) is 0 Å². The maximum Gasteiger partial charge on any atom is 0.371 e. The molecule has 3 N–H and O–H groups in total. The fourth-order valence-corrected chi connectivity index (χ4v) is 0.262. The highest BCUT2D eigenvalue weighted by molar-refractivity contribution is 5.96. The van der Waals surface area contributed by atoms with Gasteiger partial charge in [-0.3, -0.25) is 0 Å². The molecule has 0 bridgehead atoms. The van der Waals surface area contributed by atoms with Gasteiger partial charge in [0.25, 0.3) is 0 Å². The van der Waals surface area contributed by atoms with E-state index in [0.717, 1.165) is 6.92 Å². The molecular formula is C5H6O5. The average molecular weight is 146 g/mol. The predicted octanol–water partition coefficient (Wildman–Crippen LogP) is -0.0124. The van der Waals surface area contributed by atoms with E-state index in [9.17, 15) is 9.59 Å². The maximum absolute atomic E-state index is 9.96. The van der Waals surface area contributed by atoms with Crippen molar-refractivity contribution in [3.63, 3.8) is 0 Å². The summed E-state index contributed by atoms with van der Waals surface area (Å²) in [7, 11) is 0. The van der Waals surface area contributed by atoms with Crippen molar-refractivity contribution < 1.29 is 24.9 Å². The molecule has 0 unspecified atom stereocenters. The van der Waals surface area contributed by atoms with E-state index in [1.54, 1.807) is 0 Å². The fourth-order valence-electron chi connectivity index (χ4n) is 0.262. The molecule has 0 aliphatic rings. The second-order valence-electron chi connectivity index (χ2n) is 1.58. The molecular weight excluding hydrogens is 140 g/mol. The third-order valence-corrected chi connectivity index (χ3v) is 0.879. The van der Waals surface area contributed by atoms with Crippen LogP contribution in [0.2, 0.25) is 0 Å². The third kappa shape index (κ3) is 1.77. The van der Waals surface area contributed by atoms with E-state index in [4.69, 9.17) is 15.3 Å². The lowest BCUT2D eigenvalue weighted by Crippen LogP contribution is -2.08. The summed E-state index contributed by atoms with van der Waals surface area (Å²) < 4.78 is 0. The highest BCUT2D eigenvalue weighted by Gasteiger charge is 2.13. The molecule has 0 atom stereocenters. The average Bonchev–Trinajstić information content (AvgIpc) is 1.84. The quantitative estimate of drug-likeness (QED) is 0.376. The fraction of sp³-hybridized carbons (Fsp3) is 0.200. The molecule has 0 aromatic rings. The van der Waals surface area contributed by atoms with Crippen LogP contribution in [0, 0.1) is 0 Å². The van der Waals surface area contributed by atoms with Gasteiger partial charge in [0.2, 0.25) is 5.76 Å². The summed E-state index contributed by atoms with van der Waals surface area (Å²) in [6, 6.07) is 0. The third-order valence-electron chi connectivity index (χ3n) is 0.879. The van der Waals surface area contributed by atoms with Crippen molar-refractivity contribution in [1.29, 1.82) is 0 Å². The maximum atomic E-state index is 9.96. The van der Waals surface area contributed by atoms with Crippen LogP contribution in [0.3, 0.4) is 0 Å². The second-order valence-corrected chi connectivity index (χ2v) is 1.58. The zero-order chi connectivity index (χ0) is 8.31. The molecule has 0 aliphatic carbocycles.